The lowest BCUT2D eigenvalue weighted by atomic mass is 9.93. The standard InChI is InChI=1S/C16H18N8O/c1-9-4-7-23(12(25)2-5-17)8-11(9)24-14-10-3-6-19-16(10)21-20-13(14)15(18)22-24/h3,6,9,11H,2,4,7-8H2,1H3,(H2,18,22)(H,19,21)/t9-,11+/m1/s1. The quantitative estimate of drug-likeness (QED) is 0.722. The Morgan fingerprint density at radius 3 is 3.16 bits per heavy atom. The van der Waals surface area contributed by atoms with E-state index in [0.29, 0.717) is 36.0 Å². The molecule has 1 saturated heterocycles. The first-order valence-corrected chi connectivity index (χ1v) is 8.22. The summed E-state index contributed by atoms with van der Waals surface area (Å²) >= 11 is 0. The van der Waals surface area contributed by atoms with Crippen LogP contribution in [-0.4, -0.2) is 48.9 Å². The predicted octanol–water partition coefficient (Wildman–Crippen LogP) is 1.21. The molecule has 1 amide bonds. The minimum atomic E-state index is -0.143. The molecule has 4 heterocycles. The zero-order chi connectivity index (χ0) is 17.6. The maximum Gasteiger partial charge on any atom is 0.236 e. The number of amides is 1. The summed E-state index contributed by atoms with van der Waals surface area (Å²) in [7, 11) is 0. The van der Waals surface area contributed by atoms with Gasteiger partial charge in [-0.3, -0.25) is 9.48 Å². The molecule has 128 valence electrons. The molecule has 2 atom stereocenters. The maximum absolute atomic E-state index is 12.1. The van der Waals surface area contributed by atoms with Crippen LogP contribution in [0.4, 0.5) is 5.82 Å². The Kier molecular flexibility index (Phi) is 3.53. The number of aromatic amines is 1. The molecule has 0 aliphatic carbocycles. The van der Waals surface area contributed by atoms with Crippen LogP contribution in [0, 0.1) is 17.2 Å². The first-order valence-electron chi connectivity index (χ1n) is 8.22. The van der Waals surface area contributed by atoms with Gasteiger partial charge in [-0.05, 0) is 18.4 Å². The first kappa shape index (κ1) is 15.4. The number of piperidine rings is 1. The zero-order valence-corrected chi connectivity index (χ0v) is 13.8. The summed E-state index contributed by atoms with van der Waals surface area (Å²) in [6.07, 6.45) is 2.55. The van der Waals surface area contributed by atoms with Crippen LogP contribution in [0.1, 0.15) is 25.8 Å². The molecule has 0 aromatic carbocycles. The number of carbonyl (C=O) groups excluding carboxylic acids is 1. The van der Waals surface area contributed by atoms with E-state index >= 15 is 0 Å². The molecule has 9 nitrogen and oxygen atoms in total. The molecule has 1 aliphatic rings. The van der Waals surface area contributed by atoms with E-state index in [0.717, 1.165) is 17.3 Å². The smallest absolute Gasteiger partial charge is 0.236 e. The molecule has 9 heteroatoms. The maximum atomic E-state index is 12.1. The monoisotopic (exact) mass is 338 g/mol. The van der Waals surface area contributed by atoms with E-state index in [1.807, 2.05) is 16.8 Å². The van der Waals surface area contributed by atoms with Crippen molar-refractivity contribution in [3.63, 3.8) is 0 Å². The van der Waals surface area contributed by atoms with Crippen molar-refractivity contribution in [2.75, 3.05) is 18.8 Å². The average Bonchev–Trinajstić information content (AvgIpc) is 3.20. The van der Waals surface area contributed by atoms with Gasteiger partial charge in [-0.25, -0.2) is 0 Å². The number of carbonyl (C=O) groups is 1. The summed E-state index contributed by atoms with van der Waals surface area (Å²) < 4.78 is 1.88. The number of fused-ring (bicyclic) bond motifs is 3. The number of nitrogens with zero attached hydrogens (tertiary/aromatic N) is 6. The van der Waals surface area contributed by atoms with Crippen LogP contribution in [0.5, 0.6) is 0 Å². The van der Waals surface area contributed by atoms with E-state index in [4.69, 9.17) is 11.0 Å². The Bertz CT molecular complexity index is 997. The minimum absolute atomic E-state index is 0.0292. The third-order valence-electron chi connectivity index (χ3n) is 4.96. The molecular weight excluding hydrogens is 320 g/mol. The highest BCUT2D eigenvalue weighted by Gasteiger charge is 2.32. The number of anilines is 1. The van der Waals surface area contributed by atoms with Crippen LogP contribution in [0.15, 0.2) is 12.3 Å². The second-order valence-electron chi connectivity index (χ2n) is 6.47. The number of H-pyrrole nitrogens is 1. The van der Waals surface area contributed by atoms with Gasteiger partial charge in [0, 0.05) is 24.7 Å². The molecule has 0 saturated carbocycles. The summed E-state index contributed by atoms with van der Waals surface area (Å²) in [5.41, 5.74) is 8.14. The summed E-state index contributed by atoms with van der Waals surface area (Å²) in [6, 6.07) is 3.83. The van der Waals surface area contributed by atoms with Crippen LogP contribution < -0.4 is 5.73 Å². The molecule has 1 aliphatic heterocycles. The molecule has 0 unspecified atom stereocenters. The second-order valence-corrected chi connectivity index (χ2v) is 6.47. The Balaban J connectivity index is 1.81. The molecule has 3 N–H and O–H groups in total. The summed E-state index contributed by atoms with van der Waals surface area (Å²) in [6.45, 7) is 3.31. The molecule has 1 fully saturated rings. The lowest BCUT2D eigenvalue weighted by molar-refractivity contribution is -0.132. The number of hydrogen-bond acceptors (Lipinski definition) is 6. The summed E-state index contributed by atoms with van der Waals surface area (Å²) in [5.74, 6) is 0.504. The molecular formula is C16H18N8O. The molecule has 0 radical (unpaired) electrons. The number of nitrogens with two attached hydrogens (primary N) is 1. The largest absolute Gasteiger partial charge is 0.380 e. The number of nitriles is 1. The van der Waals surface area contributed by atoms with Crippen LogP contribution >= 0.6 is 0 Å². The topological polar surface area (TPSA) is 130 Å². The SMILES string of the molecule is C[C@@H]1CCN(C(=O)CC#N)C[C@@H]1n1nc(N)c2nnc3[nH]ccc3c21. The van der Waals surface area contributed by atoms with E-state index in [2.05, 4.69) is 27.2 Å². The molecule has 3 aromatic rings. The van der Waals surface area contributed by atoms with Crippen molar-refractivity contribution in [2.24, 2.45) is 5.92 Å². The van der Waals surface area contributed by atoms with Crippen LogP contribution in [-0.2, 0) is 4.79 Å². The van der Waals surface area contributed by atoms with Gasteiger partial charge in [0.25, 0.3) is 0 Å². The number of likely N-dealkylation sites (tertiary alicyclic amines) is 1. The third kappa shape index (κ3) is 2.38. The van der Waals surface area contributed by atoms with Gasteiger partial charge in [0.05, 0.1) is 12.1 Å². The minimum Gasteiger partial charge on any atom is -0.380 e. The highest BCUT2D eigenvalue weighted by molar-refractivity contribution is 6.03. The highest BCUT2D eigenvalue weighted by atomic mass is 16.2. The second kappa shape index (κ2) is 5.73. The Hall–Kier alpha value is -3.15. The molecule has 25 heavy (non-hydrogen) atoms. The van der Waals surface area contributed by atoms with Gasteiger partial charge in [-0.15, -0.1) is 10.2 Å². The van der Waals surface area contributed by atoms with Crippen molar-refractivity contribution in [1.82, 2.24) is 29.9 Å². The molecule has 3 aromatic heterocycles. The Labute approximate surface area is 143 Å². The number of nitrogen functional groups attached to an aromatic ring is 1. The van der Waals surface area contributed by atoms with Gasteiger partial charge in [-0.2, -0.15) is 10.4 Å². The lowest BCUT2D eigenvalue weighted by Crippen LogP contribution is -2.44. The van der Waals surface area contributed by atoms with Crippen molar-refractivity contribution in [1.29, 1.82) is 5.26 Å². The number of hydrogen-bond donors (Lipinski definition) is 2. The van der Waals surface area contributed by atoms with Gasteiger partial charge in [0.15, 0.2) is 17.0 Å². The van der Waals surface area contributed by atoms with Crippen molar-refractivity contribution in [3.05, 3.63) is 12.3 Å². The van der Waals surface area contributed by atoms with Crippen molar-refractivity contribution in [2.45, 2.75) is 25.8 Å². The predicted molar refractivity (Wildman–Crippen MR) is 91.2 cm³/mol. The summed E-state index contributed by atoms with van der Waals surface area (Å²) in [4.78, 5) is 16.9. The van der Waals surface area contributed by atoms with Gasteiger partial charge >= 0.3 is 0 Å². The van der Waals surface area contributed by atoms with Gasteiger partial charge in [0.2, 0.25) is 5.91 Å². The van der Waals surface area contributed by atoms with Gasteiger partial charge < -0.3 is 15.6 Å². The number of aromatic nitrogens is 5. The Morgan fingerprint density at radius 2 is 2.36 bits per heavy atom. The van der Waals surface area contributed by atoms with E-state index in [-0.39, 0.29) is 18.4 Å². The molecule has 0 bridgehead atoms. The van der Waals surface area contributed by atoms with Crippen molar-refractivity contribution >= 4 is 33.8 Å². The normalized spacial score (nSPS) is 20.9. The third-order valence-corrected chi connectivity index (χ3v) is 4.96. The highest BCUT2D eigenvalue weighted by Crippen LogP contribution is 2.34. The van der Waals surface area contributed by atoms with Crippen LogP contribution in [0.25, 0.3) is 22.1 Å². The molecule has 0 spiro atoms. The average molecular weight is 338 g/mol. The fourth-order valence-electron chi connectivity index (χ4n) is 3.54. The van der Waals surface area contributed by atoms with Gasteiger partial charge in [-0.1, -0.05) is 6.92 Å². The van der Waals surface area contributed by atoms with Crippen LogP contribution in [0.3, 0.4) is 0 Å². The summed E-state index contributed by atoms with van der Waals surface area (Å²) in [5, 5.41) is 22.5. The van der Waals surface area contributed by atoms with Gasteiger partial charge in [0.1, 0.15) is 11.9 Å². The van der Waals surface area contributed by atoms with E-state index < -0.39 is 0 Å². The van der Waals surface area contributed by atoms with E-state index in [1.165, 1.54) is 0 Å². The van der Waals surface area contributed by atoms with E-state index in [9.17, 15) is 4.79 Å². The fraction of sp³-hybridized carbons (Fsp3) is 0.438. The lowest BCUT2D eigenvalue weighted by Gasteiger charge is -2.37. The van der Waals surface area contributed by atoms with Crippen molar-refractivity contribution < 1.29 is 4.79 Å². The van der Waals surface area contributed by atoms with E-state index in [1.54, 1.807) is 11.1 Å². The fourth-order valence-corrected chi connectivity index (χ4v) is 3.54. The van der Waals surface area contributed by atoms with Crippen LogP contribution in [0.2, 0.25) is 0 Å². The number of rotatable bonds is 2. The Morgan fingerprint density at radius 1 is 1.52 bits per heavy atom. The zero-order valence-electron chi connectivity index (χ0n) is 13.8. The number of nitrogens with one attached hydrogen (secondary N) is 1. The molecule has 4 rings (SSSR count). The van der Waals surface area contributed by atoms with Crippen molar-refractivity contribution in [3.8, 4) is 6.07 Å². The first-order chi connectivity index (χ1) is 12.1.